The molecule has 1 unspecified atom stereocenters. The molecule has 1 aliphatic heterocycles. The van der Waals surface area contributed by atoms with E-state index in [1.807, 2.05) is 0 Å². The minimum absolute atomic E-state index is 0.0625. The van der Waals surface area contributed by atoms with E-state index in [-0.39, 0.29) is 16.9 Å². The van der Waals surface area contributed by atoms with Crippen LogP contribution in [-0.4, -0.2) is 23.3 Å². The van der Waals surface area contributed by atoms with Crippen molar-refractivity contribution in [3.8, 4) is 0 Å². The number of hydrogen-bond donors (Lipinski definition) is 0. The topological polar surface area (TPSA) is 37.4 Å². The second-order valence-electron chi connectivity index (χ2n) is 4.48. The molecule has 0 radical (unpaired) electrons. The summed E-state index contributed by atoms with van der Waals surface area (Å²) in [6.45, 7) is 2.16. The lowest BCUT2D eigenvalue weighted by Crippen LogP contribution is -2.24. The first-order chi connectivity index (χ1) is 8.97. The van der Waals surface area contributed by atoms with Crippen LogP contribution in [0.3, 0.4) is 0 Å². The van der Waals surface area contributed by atoms with Gasteiger partial charge in [0.1, 0.15) is 0 Å². The van der Waals surface area contributed by atoms with E-state index in [0.717, 1.165) is 5.69 Å². The average molecular weight is 318 g/mol. The summed E-state index contributed by atoms with van der Waals surface area (Å²) in [5.74, 6) is 0.946. The summed E-state index contributed by atoms with van der Waals surface area (Å²) in [6, 6.07) is 5.17. The van der Waals surface area contributed by atoms with E-state index < -0.39 is 0 Å². The molecule has 1 amide bonds. The molecule has 0 aliphatic carbocycles. The molecule has 1 aromatic rings. The maximum absolute atomic E-state index is 12.0. The zero-order valence-corrected chi connectivity index (χ0v) is 12.7. The summed E-state index contributed by atoms with van der Waals surface area (Å²) < 4.78 is 0. The Hall–Kier alpha value is -0.710. The molecule has 6 heteroatoms. The van der Waals surface area contributed by atoms with Crippen molar-refractivity contribution < 1.29 is 9.59 Å². The number of rotatable bonds is 3. The van der Waals surface area contributed by atoms with Crippen molar-refractivity contribution in [1.82, 2.24) is 0 Å². The number of thioether (sulfide) groups is 1. The molecule has 0 N–H and O–H groups in total. The molecule has 0 bridgehead atoms. The Morgan fingerprint density at radius 3 is 2.79 bits per heavy atom. The summed E-state index contributed by atoms with van der Waals surface area (Å²) in [5, 5.41) is 0.995. The van der Waals surface area contributed by atoms with Crippen molar-refractivity contribution >= 4 is 51.7 Å². The Labute approximate surface area is 126 Å². The van der Waals surface area contributed by atoms with Crippen LogP contribution >= 0.6 is 35.0 Å². The van der Waals surface area contributed by atoms with E-state index in [1.165, 1.54) is 18.7 Å². The monoisotopic (exact) mass is 317 g/mol. The van der Waals surface area contributed by atoms with Crippen LogP contribution in [0, 0.1) is 5.92 Å². The molecule has 1 atom stereocenters. The fourth-order valence-electron chi connectivity index (χ4n) is 2.03. The average Bonchev–Trinajstić information content (AvgIpc) is 2.72. The smallest absolute Gasteiger partial charge is 0.227 e. The van der Waals surface area contributed by atoms with E-state index >= 15 is 0 Å². The molecule has 102 valence electrons. The van der Waals surface area contributed by atoms with Crippen molar-refractivity contribution in [2.24, 2.45) is 5.92 Å². The van der Waals surface area contributed by atoms with Gasteiger partial charge in [0.15, 0.2) is 5.12 Å². The number of amides is 1. The molecule has 1 aromatic carbocycles. The maximum atomic E-state index is 12.0. The molecule has 0 saturated carbocycles. The summed E-state index contributed by atoms with van der Waals surface area (Å²) in [5.41, 5.74) is 0.759. The van der Waals surface area contributed by atoms with E-state index in [1.54, 1.807) is 23.1 Å². The number of halogens is 2. The second kappa shape index (κ2) is 6.16. The van der Waals surface area contributed by atoms with Gasteiger partial charge in [0, 0.05) is 31.3 Å². The summed E-state index contributed by atoms with van der Waals surface area (Å²) in [7, 11) is 0. The zero-order chi connectivity index (χ0) is 14.0. The van der Waals surface area contributed by atoms with Gasteiger partial charge in [0.2, 0.25) is 5.91 Å². The SMILES string of the molecule is CC(=O)SCC1CC(=O)N(c2ccc(Cl)c(Cl)c2)C1. The third kappa shape index (κ3) is 3.65. The van der Waals surface area contributed by atoms with Gasteiger partial charge < -0.3 is 4.90 Å². The molecule has 0 spiro atoms. The van der Waals surface area contributed by atoms with Crippen LogP contribution in [0.25, 0.3) is 0 Å². The predicted molar refractivity (Wildman–Crippen MR) is 80.1 cm³/mol. The van der Waals surface area contributed by atoms with Crippen LogP contribution in [0.2, 0.25) is 10.0 Å². The van der Waals surface area contributed by atoms with E-state index in [2.05, 4.69) is 0 Å². The highest BCUT2D eigenvalue weighted by molar-refractivity contribution is 8.13. The second-order valence-corrected chi connectivity index (χ2v) is 6.49. The molecule has 0 aromatic heterocycles. The minimum Gasteiger partial charge on any atom is -0.312 e. The van der Waals surface area contributed by atoms with Crippen LogP contribution in [-0.2, 0) is 9.59 Å². The lowest BCUT2D eigenvalue weighted by atomic mass is 10.1. The molecule has 2 rings (SSSR count). The number of nitrogens with zero attached hydrogens (tertiary/aromatic N) is 1. The number of carbonyl (C=O) groups excluding carboxylic acids is 2. The third-order valence-corrected chi connectivity index (χ3v) is 4.73. The van der Waals surface area contributed by atoms with E-state index in [0.29, 0.717) is 28.8 Å². The van der Waals surface area contributed by atoms with Crippen LogP contribution < -0.4 is 4.90 Å². The first-order valence-corrected chi connectivity index (χ1v) is 7.60. The van der Waals surface area contributed by atoms with Crippen molar-refractivity contribution in [2.45, 2.75) is 13.3 Å². The Kier molecular flexibility index (Phi) is 4.76. The summed E-state index contributed by atoms with van der Waals surface area (Å²) in [4.78, 5) is 24.6. The predicted octanol–water partition coefficient (Wildman–Crippen LogP) is 3.63. The molecular formula is C13H13Cl2NO2S. The summed E-state index contributed by atoms with van der Waals surface area (Å²) in [6.07, 6.45) is 0.473. The Balaban J connectivity index is 2.07. The quantitative estimate of drug-likeness (QED) is 0.854. The first-order valence-electron chi connectivity index (χ1n) is 5.86. The number of benzene rings is 1. The Bertz CT molecular complexity index is 521. The van der Waals surface area contributed by atoms with Crippen LogP contribution in [0.1, 0.15) is 13.3 Å². The summed E-state index contributed by atoms with van der Waals surface area (Å²) >= 11 is 13.1. The number of carbonyl (C=O) groups is 2. The lowest BCUT2D eigenvalue weighted by molar-refractivity contribution is -0.117. The van der Waals surface area contributed by atoms with Crippen molar-refractivity contribution in [3.63, 3.8) is 0 Å². The largest absolute Gasteiger partial charge is 0.312 e. The van der Waals surface area contributed by atoms with Gasteiger partial charge in [-0.25, -0.2) is 0 Å². The minimum atomic E-state index is 0.0625. The van der Waals surface area contributed by atoms with Gasteiger partial charge in [0.25, 0.3) is 0 Å². The van der Waals surface area contributed by atoms with Gasteiger partial charge >= 0.3 is 0 Å². The fraction of sp³-hybridized carbons (Fsp3) is 0.385. The molecule has 1 heterocycles. The van der Waals surface area contributed by atoms with Crippen molar-refractivity contribution in [3.05, 3.63) is 28.2 Å². The van der Waals surface area contributed by atoms with Crippen LogP contribution in [0.4, 0.5) is 5.69 Å². The zero-order valence-electron chi connectivity index (χ0n) is 10.4. The Morgan fingerprint density at radius 2 is 2.16 bits per heavy atom. The van der Waals surface area contributed by atoms with Crippen LogP contribution in [0.5, 0.6) is 0 Å². The first kappa shape index (κ1) is 14.7. The molecule has 1 saturated heterocycles. The highest BCUT2D eigenvalue weighted by Gasteiger charge is 2.30. The highest BCUT2D eigenvalue weighted by atomic mass is 35.5. The normalized spacial score (nSPS) is 19.0. The van der Waals surface area contributed by atoms with Crippen LogP contribution in [0.15, 0.2) is 18.2 Å². The van der Waals surface area contributed by atoms with Gasteiger partial charge in [0.05, 0.1) is 10.0 Å². The van der Waals surface area contributed by atoms with Crippen molar-refractivity contribution in [2.75, 3.05) is 17.2 Å². The third-order valence-electron chi connectivity index (χ3n) is 2.94. The van der Waals surface area contributed by atoms with E-state index in [4.69, 9.17) is 23.2 Å². The maximum Gasteiger partial charge on any atom is 0.227 e. The molecule has 3 nitrogen and oxygen atoms in total. The molecule has 19 heavy (non-hydrogen) atoms. The van der Waals surface area contributed by atoms with Gasteiger partial charge in [-0.1, -0.05) is 35.0 Å². The highest BCUT2D eigenvalue weighted by Crippen LogP contribution is 2.31. The van der Waals surface area contributed by atoms with Gasteiger partial charge in [-0.05, 0) is 24.1 Å². The van der Waals surface area contributed by atoms with Gasteiger partial charge in [-0.3, -0.25) is 9.59 Å². The van der Waals surface area contributed by atoms with Gasteiger partial charge in [-0.15, -0.1) is 0 Å². The molecule has 1 aliphatic rings. The lowest BCUT2D eigenvalue weighted by Gasteiger charge is -2.17. The Morgan fingerprint density at radius 1 is 1.42 bits per heavy atom. The number of hydrogen-bond acceptors (Lipinski definition) is 3. The van der Waals surface area contributed by atoms with E-state index in [9.17, 15) is 9.59 Å². The standard InChI is InChI=1S/C13H13Cl2NO2S/c1-8(17)19-7-9-4-13(18)16(6-9)10-2-3-11(14)12(15)5-10/h2-3,5,9H,4,6-7H2,1H3. The molecular weight excluding hydrogens is 305 g/mol. The fourth-order valence-corrected chi connectivity index (χ4v) is 3.02. The van der Waals surface area contributed by atoms with Gasteiger partial charge in [-0.2, -0.15) is 0 Å². The number of anilines is 1. The van der Waals surface area contributed by atoms with Crippen molar-refractivity contribution in [1.29, 1.82) is 0 Å². The molecule has 1 fully saturated rings.